The summed E-state index contributed by atoms with van der Waals surface area (Å²) < 4.78 is 1.51. The van der Waals surface area contributed by atoms with Crippen molar-refractivity contribution >= 4 is 3.21 Å². The van der Waals surface area contributed by atoms with Crippen LogP contribution in [0.3, 0.4) is 0 Å². The van der Waals surface area contributed by atoms with Gasteiger partial charge in [-0.1, -0.05) is 122 Å². The van der Waals surface area contributed by atoms with E-state index in [1.807, 2.05) is 0 Å². The van der Waals surface area contributed by atoms with Crippen LogP contribution in [0.1, 0.15) is 88.2 Å². The molecule has 2 unspecified atom stereocenters. The van der Waals surface area contributed by atoms with Crippen LogP contribution in [0.5, 0.6) is 0 Å². The first kappa shape index (κ1) is 31.0. The van der Waals surface area contributed by atoms with Crippen LogP contribution < -0.4 is 24.8 Å². The Morgan fingerprint density at radius 2 is 0.944 bits per heavy atom. The molecule has 2 atom stereocenters. The van der Waals surface area contributed by atoms with Gasteiger partial charge in [0.2, 0.25) is 0 Å². The van der Waals surface area contributed by atoms with Crippen LogP contribution in [0, 0.1) is 12.2 Å². The number of hydrogen-bond donors (Lipinski definition) is 0. The van der Waals surface area contributed by atoms with E-state index >= 15 is 0 Å². The molecule has 0 aliphatic heterocycles. The molecule has 0 saturated carbocycles. The van der Waals surface area contributed by atoms with E-state index < -0.39 is 0 Å². The molecule has 0 bridgehead atoms. The molecule has 0 amide bonds. The quantitative estimate of drug-likeness (QED) is 0.470. The van der Waals surface area contributed by atoms with Crippen molar-refractivity contribution < 1.29 is 49.0 Å². The van der Waals surface area contributed by atoms with Crippen molar-refractivity contribution in [3.8, 4) is 0 Å². The number of halogens is 2. The molecule has 0 heterocycles. The third-order valence-corrected chi connectivity index (χ3v) is 6.92. The Labute approximate surface area is 246 Å². The summed E-state index contributed by atoms with van der Waals surface area (Å²) in [6.07, 6.45) is 22.0. The Hall–Kier alpha value is -1.27. The van der Waals surface area contributed by atoms with E-state index in [1.165, 1.54) is 65.7 Å². The topological polar surface area (TPSA) is 0 Å². The van der Waals surface area contributed by atoms with Crippen molar-refractivity contribution in [2.75, 3.05) is 0 Å². The van der Waals surface area contributed by atoms with Gasteiger partial charge in [0.25, 0.3) is 0 Å². The van der Waals surface area contributed by atoms with Gasteiger partial charge >= 0.3 is 41.3 Å². The summed E-state index contributed by atoms with van der Waals surface area (Å²) in [6, 6.07) is 21.5. The van der Waals surface area contributed by atoms with Crippen LogP contribution in [0.4, 0.5) is 0 Å². The smallest absolute Gasteiger partial charge is 0.0487 e. The van der Waals surface area contributed by atoms with Crippen LogP contribution in [0.25, 0.3) is 0 Å². The Kier molecular flexibility index (Phi) is 13.6. The first-order valence-corrected chi connectivity index (χ1v) is 14.1. The molecular weight excluding hydrogens is 558 g/mol. The summed E-state index contributed by atoms with van der Waals surface area (Å²) >= 11 is 1.55. The second kappa shape index (κ2) is 15.9. The largest absolute Gasteiger partial charge is 1.00 e. The van der Waals surface area contributed by atoms with Crippen LogP contribution in [0.2, 0.25) is 0 Å². The standard InChI is InChI=1S/2C15H15.C3H6.2ClH.Zr/c2*1-2-6-12(7-3-1)15-11-10-13-8-4-5-9-14(13)15;1-3-2;;;/h2*1-3,6-7,10,15H,4-5,8-9H2;1-2H3;2*1H;/q2*-1;;;;+2/p-2. The van der Waals surface area contributed by atoms with E-state index in [0.29, 0.717) is 11.8 Å². The minimum atomic E-state index is 0. The van der Waals surface area contributed by atoms with Gasteiger partial charge in [0, 0.05) is 0 Å². The van der Waals surface area contributed by atoms with Gasteiger partial charge in [-0.05, 0) is 12.8 Å². The average Bonchev–Trinajstić information content (AvgIpc) is 3.50. The van der Waals surface area contributed by atoms with Crippen molar-refractivity contribution in [2.45, 2.75) is 77.0 Å². The zero-order valence-corrected chi connectivity index (χ0v) is 25.5. The van der Waals surface area contributed by atoms with Crippen molar-refractivity contribution in [3.05, 3.63) is 118 Å². The molecule has 3 heteroatoms. The first-order chi connectivity index (χ1) is 16.6. The molecule has 0 spiro atoms. The fraction of sp³-hybridized carbons (Fsp3) is 0.364. The molecule has 0 N–H and O–H groups in total. The average molecular weight is 595 g/mol. The molecule has 4 aliphatic carbocycles. The predicted molar refractivity (Wildman–Crippen MR) is 141 cm³/mol. The number of benzene rings is 2. The molecule has 0 aromatic heterocycles. The molecule has 0 nitrogen and oxygen atoms in total. The van der Waals surface area contributed by atoms with Crippen molar-refractivity contribution in [1.29, 1.82) is 0 Å². The third-order valence-electron chi connectivity index (χ3n) is 6.92. The summed E-state index contributed by atoms with van der Waals surface area (Å²) in [4.78, 5) is 0. The number of rotatable bonds is 2. The molecule has 4 aliphatic rings. The zero-order valence-electron chi connectivity index (χ0n) is 21.5. The fourth-order valence-electron chi connectivity index (χ4n) is 5.35. The molecule has 6 rings (SSSR count). The summed E-state index contributed by atoms with van der Waals surface area (Å²) in [7, 11) is 0. The number of hydrogen-bond acceptors (Lipinski definition) is 0. The normalized spacial score (nSPS) is 21.1. The van der Waals surface area contributed by atoms with Crippen molar-refractivity contribution in [1.82, 2.24) is 0 Å². The molecule has 0 radical (unpaired) electrons. The molecule has 2 aromatic rings. The van der Waals surface area contributed by atoms with E-state index in [9.17, 15) is 0 Å². The molecule has 36 heavy (non-hydrogen) atoms. The summed E-state index contributed by atoms with van der Waals surface area (Å²) in [5.41, 5.74) is 9.20. The van der Waals surface area contributed by atoms with Crippen LogP contribution >= 0.6 is 0 Å². The van der Waals surface area contributed by atoms with Crippen LogP contribution in [-0.4, -0.2) is 3.21 Å². The molecule has 0 fully saturated rings. The van der Waals surface area contributed by atoms with E-state index in [-0.39, 0.29) is 24.8 Å². The van der Waals surface area contributed by atoms with Crippen molar-refractivity contribution in [3.63, 3.8) is 0 Å². The maximum atomic E-state index is 3.52. The summed E-state index contributed by atoms with van der Waals surface area (Å²) in [5.74, 6) is 0.919. The fourth-order valence-corrected chi connectivity index (χ4v) is 5.35. The summed E-state index contributed by atoms with van der Waals surface area (Å²) in [5, 5.41) is 0. The molecular formula is C33H36Cl2Zr-2. The Morgan fingerprint density at radius 3 is 1.31 bits per heavy atom. The van der Waals surface area contributed by atoms with E-state index in [2.05, 4.69) is 98.8 Å². The summed E-state index contributed by atoms with van der Waals surface area (Å²) in [6.45, 7) is 4.25. The first-order valence-electron chi connectivity index (χ1n) is 12.9. The Balaban J connectivity index is 0.000000211. The van der Waals surface area contributed by atoms with Crippen LogP contribution in [0.15, 0.2) is 95.1 Å². The minimum Gasteiger partial charge on any atom is -1.00 e. The maximum Gasteiger partial charge on any atom is -0.0487 e. The van der Waals surface area contributed by atoms with Crippen LogP contribution in [-0.2, 0) is 24.2 Å². The monoisotopic (exact) mass is 592 g/mol. The van der Waals surface area contributed by atoms with Crippen molar-refractivity contribution in [2.24, 2.45) is 0 Å². The zero-order chi connectivity index (χ0) is 23.8. The number of allylic oxidation sites excluding steroid dienone is 8. The van der Waals surface area contributed by atoms with E-state index in [4.69, 9.17) is 0 Å². The van der Waals surface area contributed by atoms with Gasteiger partial charge in [0.1, 0.15) is 0 Å². The van der Waals surface area contributed by atoms with Gasteiger partial charge in [-0.15, -0.1) is 0 Å². The second-order valence-electron chi connectivity index (χ2n) is 9.82. The molecule has 2 aromatic carbocycles. The minimum absolute atomic E-state index is 0. The maximum absolute atomic E-state index is 3.52. The third kappa shape index (κ3) is 8.38. The second-order valence-corrected chi connectivity index (χ2v) is 12.3. The molecule has 0 saturated heterocycles. The van der Waals surface area contributed by atoms with Gasteiger partial charge in [-0.3, -0.25) is 12.2 Å². The van der Waals surface area contributed by atoms with Gasteiger partial charge in [-0.25, -0.2) is 12.2 Å². The Bertz CT molecular complexity index is 1010. The van der Waals surface area contributed by atoms with Gasteiger partial charge in [-0.2, -0.15) is 22.3 Å². The Morgan fingerprint density at radius 1 is 0.611 bits per heavy atom. The van der Waals surface area contributed by atoms with Gasteiger partial charge in [0.05, 0.1) is 0 Å². The SMILES string of the molecule is C[C](C)=[Zr+2].[C-]1=CC2=C(CCCC2)C1c1ccccc1.[C-]1=CC2=C(CCCC2)C1c1ccccc1.[Cl-].[Cl-]. The van der Waals surface area contributed by atoms with Gasteiger partial charge < -0.3 is 24.8 Å². The van der Waals surface area contributed by atoms with E-state index in [0.717, 1.165) is 0 Å². The van der Waals surface area contributed by atoms with Gasteiger partial charge in [0.15, 0.2) is 0 Å². The predicted octanol–water partition coefficient (Wildman–Crippen LogP) is 2.78. The van der Waals surface area contributed by atoms with E-state index in [1.54, 1.807) is 46.5 Å². The molecule has 188 valence electrons.